The molecule has 1 atom stereocenters. The molecule has 2 N–H and O–H groups in total. The SMILES string of the molecule is Cc1cc(CNC(C)C(=O)NC2CC2)on1. The number of aromatic nitrogens is 1. The van der Waals surface area contributed by atoms with Crippen molar-refractivity contribution in [2.24, 2.45) is 0 Å². The molecule has 5 nitrogen and oxygen atoms in total. The Bertz CT molecular complexity index is 371. The van der Waals surface area contributed by atoms with E-state index in [1.807, 2.05) is 19.9 Å². The van der Waals surface area contributed by atoms with E-state index in [2.05, 4.69) is 15.8 Å². The van der Waals surface area contributed by atoms with Crippen LogP contribution in [-0.2, 0) is 11.3 Å². The zero-order valence-corrected chi connectivity index (χ0v) is 9.62. The van der Waals surface area contributed by atoms with E-state index in [0.29, 0.717) is 12.6 Å². The van der Waals surface area contributed by atoms with Crippen LogP contribution in [0.2, 0.25) is 0 Å². The predicted molar refractivity (Wildman–Crippen MR) is 58.7 cm³/mol. The highest BCUT2D eigenvalue weighted by molar-refractivity contribution is 5.81. The predicted octanol–water partition coefficient (Wildman–Crippen LogP) is 0.740. The maximum absolute atomic E-state index is 11.6. The van der Waals surface area contributed by atoms with E-state index >= 15 is 0 Å². The smallest absolute Gasteiger partial charge is 0.237 e. The van der Waals surface area contributed by atoms with Crippen LogP contribution in [0.4, 0.5) is 0 Å². The third kappa shape index (κ3) is 3.06. The molecule has 0 aliphatic heterocycles. The van der Waals surface area contributed by atoms with Gasteiger partial charge in [-0.25, -0.2) is 0 Å². The second-order valence-corrected chi connectivity index (χ2v) is 4.32. The normalized spacial score (nSPS) is 17.1. The summed E-state index contributed by atoms with van der Waals surface area (Å²) < 4.78 is 5.04. The van der Waals surface area contributed by atoms with Crippen molar-refractivity contribution < 1.29 is 9.32 Å². The Hall–Kier alpha value is -1.36. The van der Waals surface area contributed by atoms with Gasteiger partial charge in [0.1, 0.15) is 0 Å². The molecule has 1 aliphatic rings. The molecule has 1 aliphatic carbocycles. The van der Waals surface area contributed by atoms with Gasteiger partial charge in [0.2, 0.25) is 5.91 Å². The molecular weight excluding hydrogens is 206 g/mol. The molecule has 16 heavy (non-hydrogen) atoms. The quantitative estimate of drug-likeness (QED) is 0.772. The van der Waals surface area contributed by atoms with Gasteiger partial charge in [-0.3, -0.25) is 10.1 Å². The zero-order valence-electron chi connectivity index (χ0n) is 9.62. The highest BCUT2D eigenvalue weighted by Gasteiger charge is 2.25. The van der Waals surface area contributed by atoms with E-state index in [-0.39, 0.29) is 11.9 Å². The van der Waals surface area contributed by atoms with Gasteiger partial charge in [-0.2, -0.15) is 0 Å². The topological polar surface area (TPSA) is 67.2 Å². The molecule has 88 valence electrons. The zero-order chi connectivity index (χ0) is 11.5. The Morgan fingerprint density at radius 3 is 3.00 bits per heavy atom. The van der Waals surface area contributed by atoms with E-state index in [0.717, 1.165) is 24.3 Å². The van der Waals surface area contributed by atoms with Gasteiger partial charge in [0.05, 0.1) is 18.3 Å². The Labute approximate surface area is 94.6 Å². The monoisotopic (exact) mass is 223 g/mol. The first-order valence-corrected chi connectivity index (χ1v) is 5.61. The summed E-state index contributed by atoms with van der Waals surface area (Å²) in [5.74, 6) is 0.808. The maximum Gasteiger partial charge on any atom is 0.237 e. The van der Waals surface area contributed by atoms with Crippen LogP contribution in [0, 0.1) is 6.92 Å². The molecule has 1 unspecified atom stereocenters. The first-order chi connectivity index (χ1) is 7.65. The van der Waals surface area contributed by atoms with Crippen molar-refractivity contribution in [3.8, 4) is 0 Å². The number of rotatable bonds is 5. The average Bonchev–Trinajstić information content (AvgIpc) is 2.96. The van der Waals surface area contributed by atoms with Crippen molar-refractivity contribution in [1.82, 2.24) is 15.8 Å². The fourth-order valence-electron chi connectivity index (χ4n) is 1.40. The van der Waals surface area contributed by atoms with Gasteiger partial charge in [-0.15, -0.1) is 0 Å². The van der Waals surface area contributed by atoms with Gasteiger partial charge >= 0.3 is 0 Å². The van der Waals surface area contributed by atoms with Crippen LogP contribution in [0.1, 0.15) is 31.2 Å². The number of carbonyl (C=O) groups is 1. The lowest BCUT2D eigenvalue weighted by molar-refractivity contribution is -0.122. The van der Waals surface area contributed by atoms with Crippen LogP contribution in [0.15, 0.2) is 10.6 Å². The van der Waals surface area contributed by atoms with Crippen LogP contribution < -0.4 is 10.6 Å². The molecule has 0 saturated heterocycles. The molecule has 1 aromatic heterocycles. The fourth-order valence-corrected chi connectivity index (χ4v) is 1.40. The molecule has 1 saturated carbocycles. The third-order valence-electron chi connectivity index (χ3n) is 2.58. The minimum atomic E-state index is -0.203. The lowest BCUT2D eigenvalue weighted by Gasteiger charge is -2.12. The fraction of sp³-hybridized carbons (Fsp3) is 0.636. The largest absolute Gasteiger partial charge is 0.360 e. The molecule has 0 bridgehead atoms. The van der Waals surface area contributed by atoms with Crippen LogP contribution in [0.25, 0.3) is 0 Å². The molecule has 1 fully saturated rings. The number of nitrogens with zero attached hydrogens (tertiary/aromatic N) is 1. The maximum atomic E-state index is 11.6. The van der Waals surface area contributed by atoms with Gasteiger partial charge in [0.25, 0.3) is 0 Å². The lowest BCUT2D eigenvalue weighted by Crippen LogP contribution is -2.42. The molecule has 0 spiro atoms. The van der Waals surface area contributed by atoms with E-state index in [1.54, 1.807) is 0 Å². The number of hydrogen-bond donors (Lipinski definition) is 2. The minimum absolute atomic E-state index is 0.0544. The molecule has 1 heterocycles. The molecular formula is C11H17N3O2. The summed E-state index contributed by atoms with van der Waals surface area (Å²) in [6, 6.07) is 2.06. The van der Waals surface area contributed by atoms with Crippen molar-refractivity contribution in [3.05, 3.63) is 17.5 Å². The van der Waals surface area contributed by atoms with Gasteiger partial charge < -0.3 is 9.84 Å². The van der Waals surface area contributed by atoms with E-state index < -0.39 is 0 Å². The van der Waals surface area contributed by atoms with Gasteiger partial charge in [-0.1, -0.05) is 5.16 Å². The Balaban J connectivity index is 1.73. The summed E-state index contributed by atoms with van der Waals surface area (Å²) in [5, 5.41) is 9.83. The standard InChI is InChI=1S/C11H17N3O2/c1-7-5-10(16-14-7)6-12-8(2)11(15)13-9-3-4-9/h5,8-9,12H,3-4,6H2,1-2H3,(H,13,15). The van der Waals surface area contributed by atoms with E-state index in [9.17, 15) is 4.79 Å². The first kappa shape index (κ1) is 11.1. The van der Waals surface area contributed by atoms with Gasteiger partial charge in [-0.05, 0) is 26.7 Å². The van der Waals surface area contributed by atoms with Crippen molar-refractivity contribution in [2.75, 3.05) is 0 Å². The summed E-state index contributed by atoms with van der Waals surface area (Å²) in [7, 11) is 0. The highest BCUT2D eigenvalue weighted by Crippen LogP contribution is 2.18. The molecule has 0 aromatic carbocycles. The highest BCUT2D eigenvalue weighted by atomic mass is 16.5. The van der Waals surface area contributed by atoms with Crippen molar-refractivity contribution in [3.63, 3.8) is 0 Å². The van der Waals surface area contributed by atoms with E-state index in [4.69, 9.17) is 4.52 Å². The molecule has 1 aromatic rings. The lowest BCUT2D eigenvalue weighted by atomic mass is 10.3. The summed E-state index contributed by atoms with van der Waals surface area (Å²) in [5.41, 5.74) is 0.854. The number of aryl methyl sites for hydroxylation is 1. The molecule has 1 amide bonds. The van der Waals surface area contributed by atoms with Crippen molar-refractivity contribution in [1.29, 1.82) is 0 Å². The van der Waals surface area contributed by atoms with Crippen molar-refractivity contribution in [2.45, 2.75) is 45.3 Å². The van der Waals surface area contributed by atoms with Crippen LogP contribution in [-0.4, -0.2) is 23.1 Å². The summed E-state index contributed by atoms with van der Waals surface area (Å²) in [4.78, 5) is 11.6. The van der Waals surface area contributed by atoms with E-state index in [1.165, 1.54) is 0 Å². The first-order valence-electron chi connectivity index (χ1n) is 5.61. The number of amides is 1. The van der Waals surface area contributed by atoms with Crippen molar-refractivity contribution >= 4 is 5.91 Å². The van der Waals surface area contributed by atoms with Gasteiger partial charge in [0, 0.05) is 12.1 Å². The second-order valence-electron chi connectivity index (χ2n) is 4.32. The Morgan fingerprint density at radius 1 is 1.69 bits per heavy atom. The molecule has 5 heteroatoms. The second kappa shape index (κ2) is 4.65. The number of carbonyl (C=O) groups excluding carboxylic acids is 1. The molecule has 2 rings (SSSR count). The summed E-state index contributed by atoms with van der Waals surface area (Å²) >= 11 is 0. The van der Waals surface area contributed by atoms with Crippen LogP contribution >= 0.6 is 0 Å². The Morgan fingerprint density at radius 2 is 2.44 bits per heavy atom. The number of hydrogen-bond acceptors (Lipinski definition) is 4. The van der Waals surface area contributed by atoms with Crippen LogP contribution in [0.3, 0.4) is 0 Å². The van der Waals surface area contributed by atoms with Crippen LogP contribution in [0.5, 0.6) is 0 Å². The molecule has 0 radical (unpaired) electrons. The minimum Gasteiger partial charge on any atom is -0.360 e. The van der Waals surface area contributed by atoms with Gasteiger partial charge in [0.15, 0.2) is 5.76 Å². The average molecular weight is 223 g/mol. The Kier molecular flexibility index (Phi) is 3.24. The third-order valence-corrected chi connectivity index (χ3v) is 2.58. The number of nitrogens with one attached hydrogen (secondary N) is 2. The summed E-state index contributed by atoms with van der Waals surface area (Å²) in [6.07, 6.45) is 2.22. The summed E-state index contributed by atoms with van der Waals surface area (Å²) in [6.45, 7) is 4.25.